The van der Waals surface area contributed by atoms with Gasteiger partial charge in [0.2, 0.25) is 6.33 Å². The second kappa shape index (κ2) is 31.0. The number of piperidine rings is 2. The van der Waals surface area contributed by atoms with Crippen LogP contribution in [0, 0.1) is 29.7 Å². The van der Waals surface area contributed by atoms with Gasteiger partial charge in [-0.15, -0.1) is 0 Å². The molecule has 2 saturated heterocycles. The third kappa shape index (κ3) is 26.0. The molecular formula is C36H85N5O2. The lowest BCUT2D eigenvalue weighted by atomic mass is 10.0. The van der Waals surface area contributed by atoms with Crippen molar-refractivity contribution in [2.75, 3.05) is 107 Å². The number of aryl methyl sites for hydroxylation is 2. The zero-order valence-corrected chi connectivity index (χ0v) is 31.5. The lowest BCUT2D eigenvalue weighted by molar-refractivity contribution is -0.936. The van der Waals surface area contributed by atoms with Crippen LogP contribution in [0.15, 0.2) is 18.7 Å². The zero-order valence-electron chi connectivity index (χ0n) is 31.5. The summed E-state index contributed by atoms with van der Waals surface area (Å²) < 4.78 is 17.8. The Morgan fingerprint density at radius 2 is 1.09 bits per heavy atom. The molecule has 2 fully saturated rings. The lowest BCUT2D eigenvalue weighted by Crippen LogP contribution is -2.54. The van der Waals surface area contributed by atoms with Gasteiger partial charge in [0.25, 0.3) is 0 Å². The van der Waals surface area contributed by atoms with Gasteiger partial charge in [0.05, 0.1) is 93.8 Å². The number of imidazole rings is 1. The molecule has 0 aliphatic carbocycles. The van der Waals surface area contributed by atoms with Crippen molar-refractivity contribution in [1.29, 1.82) is 0 Å². The minimum absolute atomic E-state index is 0. The van der Waals surface area contributed by atoms with Gasteiger partial charge < -0.3 is 52.6 Å². The van der Waals surface area contributed by atoms with Crippen molar-refractivity contribution >= 4 is 0 Å². The number of aromatic nitrogens is 2. The molecule has 266 valence electrons. The highest BCUT2D eigenvalue weighted by Gasteiger charge is 2.30. The maximum Gasteiger partial charge on any atom is 0.243 e. The standard InChI is InChI=1S/C10H20N.C9H22NO.C6H11N2.C6H16NO.CH4.4CH3/c1-3-7-11(8-4-1)9-5-2-6-10-11;1-5-10(6-2,7-3)8-9-11-4;1-3-8-5-4-7(2)6-8;1-7(2,3)5-6-8-4;;;;;/h1-10H2;5-9H2,1-4H3;4-6H,3H2,1-2H3;5-6H2,1-4H3;1H4;4*1H3/q4*+1;;4*-1. The Morgan fingerprint density at radius 1 is 0.698 bits per heavy atom. The minimum atomic E-state index is 0. The Morgan fingerprint density at radius 3 is 1.33 bits per heavy atom. The SMILES string of the molecule is C.C1CC[N+]2(CC1)CCCCC2.CC[N+](CC)(CC)CCOC.CCn1cc[n+](C)c1.COCC[N+](C)(C)C.[CH3-].[CH3-].[CH3-].[CH3-]. The van der Waals surface area contributed by atoms with Crippen LogP contribution in [-0.2, 0) is 23.1 Å². The molecular weight excluding hydrogens is 534 g/mol. The topological polar surface area (TPSA) is 27.3 Å². The van der Waals surface area contributed by atoms with E-state index in [0.29, 0.717) is 0 Å². The molecule has 1 spiro atoms. The van der Waals surface area contributed by atoms with Crippen LogP contribution in [0.3, 0.4) is 0 Å². The molecule has 7 heteroatoms. The molecule has 0 atom stereocenters. The molecule has 0 amide bonds. The Balaban J connectivity index is -0.000000103. The van der Waals surface area contributed by atoms with E-state index in [9.17, 15) is 0 Å². The zero-order chi connectivity index (χ0) is 28.9. The first-order chi connectivity index (χ1) is 18.0. The molecule has 1 aromatic heterocycles. The van der Waals surface area contributed by atoms with Gasteiger partial charge in [0.15, 0.2) is 0 Å². The summed E-state index contributed by atoms with van der Waals surface area (Å²) in [5, 5.41) is 0. The van der Waals surface area contributed by atoms with Crippen molar-refractivity contribution in [1.82, 2.24) is 4.57 Å². The van der Waals surface area contributed by atoms with E-state index in [1.807, 2.05) is 17.8 Å². The van der Waals surface area contributed by atoms with Crippen LogP contribution in [0.1, 0.15) is 73.6 Å². The van der Waals surface area contributed by atoms with E-state index >= 15 is 0 Å². The molecule has 7 nitrogen and oxygen atoms in total. The highest BCUT2D eigenvalue weighted by atomic mass is 16.5. The van der Waals surface area contributed by atoms with Crippen molar-refractivity contribution in [2.45, 2.75) is 80.2 Å². The van der Waals surface area contributed by atoms with Crippen LogP contribution in [-0.4, -0.2) is 125 Å². The number of ether oxygens (including phenoxy) is 2. The summed E-state index contributed by atoms with van der Waals surface area (Å²) in [6.45, 7) is 23.6. The predicted octanol–water partition coefficient (Wildman–Crippen LogP) is 6.79. The lowest BCUT2D eigenvalue weighted by Gasteiger charge is -2.44. The maximum atomic E-state index is 5.09. The number of quaternary nitrogens is 3. The monoisotopic (exact) mass is 620 g/mol. The first-order valence-electron chi connectivity index (χ1n) is 15.5. The van der Waals surface area contributed by atoms with Crippen LogP contribution < -0.4 is 4.57 Å². The second-order valence-corrected chi connectivity index (χ2v) is 12.3. The van der Waals surface area contributed by atoms with E-state index in [1.165, 1.54) is 93.3 Å². The number of nitrogens with zero attached hydrogens (tertiary/aromatic N) is 5. The molecule has 1 aromatic rings. The number of hydrogen-bond acceptors (Lipinski definition) is 2. The fraction of sp³-hybridized carbons (Fsp3) is 0.806. The molecule has 0 N–H and O–H groups in total. The van der Waals surface area contributed by atoms with Crippen LogP contribution in [0.2, 0.25) is 0 Å². The van der Waals surface area contributed by atoms with Crippen molar-refractivity contribution in [2.24, 2.45) is 7.05 Å². The molecule has 0 saturated carbocycles. The Kier molecular flexibility index (Phi) is 39.3. The van der Waals surface area contributed by atoms with E-state index in [2.05, 4.69) is 65.9 Å². The summed E-state index contributed by atoms with van der Waals surface area (Å²) in [7, 11) is 12.0. The fourth-order valence-corrected chi connectivity index (χ4v) is 5.30. The summed E-state index contributed by atoms with van der Waals surface area (Å²) >= 11 is 0. The van der Waals surface area contributed by atoms with Gasteiger partial charge >= 0.3 is 0 Å². The molecule has 3 rings (SSSR count). The van der Waals surface area contributed by atoms with Gasteiger partial charge in [-0.25, -0.2) is 9.13 Å². The second-order valence-electron chi connectivity index (χ2n) is 12.3. The number of hydrogen-bond donors (Lipinski definition) is 0. The van der Waals surface area contributed by atoms with Gasteiger partial charge in [-0.1, -0.05) is 7.43 Å². The minimum Gasteiger partial charge on any atom is -0.379 e. The largest absolute Gasteiger partial charge is 0.379 e. The van der Waals surface area contributed by atoms with Crippen molar-refractivity contribution in [3.05, 3.63) is 48.4 Å². The van der Waals surface area contributed by atoms with Gasteiger partial charge in [-0.3, -0.25) is 0 Å². The van der Waals surface area contributed by atoms with Crippen molar-refractivity contribution in [3.63, 3.8) is 0 Å². The number of methoxy groups -OCH3 is 2. The van der Waals surface area contributed by atoms with E-state index in [1.54, 1.807) is 14.2 Å². The maximum absolute atomic E-state index is 5.09. The van der Waals surface area contributed by atoms with Crippen LogP contribution in [0.25, 0.3) is 0 Å². The van der Waals surface area contributed by atoms with Gasteiger partial charge in [0, 0.05) is 14.2 Å². The van der Waals surface area contributed by atoms with Crippen LogP contribution >= 0.6 is 0 Å². The molecule has 2 aliphatic heterocycles. The third-order valence-electron chi connectivity index (χ3n) is 8.47. The molecule has 43 heavy (non-hydrogen) atoms. The molecule has 0 aromatic carbocycles. The average Bonchev–Trinajstić information content (AvgIpc) is 3.36. The Labute approximate surface area is 274 Å². The molecule has 0 bridgehead atoms. The summed E-state index contributed by atoms with van der Waals surface area (Å²) in [5.74, 6) is 0. The first-order valence-corrected chi connectivity index (χ1v) is 15.5. The molecule has 2 aliphatic rings. The number of likely N-dealkylation sites (N-methyl/N-ethyl adjacent to an activating group) is 2. The van der Waals surface area contributed by atoms with E-state index in [4.69, 9.17) is 9.47 Å². The van der Waals surface area contributed by atoms with E-state index in [0.717, 1.165) is 37.3 Å². The quantitative estimate of drug-likeness (QED) is 0.164. The van der Waals surface area contributed by atoms with E-state index < -0.39 is 0 Å². The molecule has 3 heterocycles. The van der Waals surface area contributed by atoms with Crippen molar-refractivity contribution < 1.29 is 27.5 Å². The highest BCUT2D eigenvalue weighted by molar-refractivity contribution is 4.63. The van der Waals surface area contributed by atoms with Crippen molar-refractivity contribution in [3.8, 4) is 0 Å². The van der Waals surface area contributed by atoms with Crippen LogP contribution in [0.5, 0.6) is 0 Å². The summed E-state index contributed by atoms with van der Waals surface area (Å²) in [5.41, 5.74) is 0. The average molecular weight is 620 g/mol. The summed E-state index contributed by atoms with van der Waals surface area (Å²) in [6.07, 6.45) is 15.1. The predicted molar refractivity (Wildman–Crippen MR) is 195 cm³/mol. The highest BCUT2D eigenvalue weighted by Crippen LogP contribution is 2.24. The van der Waals surface area contributed by atoms with Gasteiger partial charge in [0.1, 0.15) is 25.5 Å². The van der Waals surface area contributed by atoms with Gasteiger partial charge in [-0.2, -0.15) is 0 Å². The molecule has 0 radical (unpaired) electrons. The Hall–Kier alpha value is -0.990. The summed E-state index contributed by atoms with van der Waals surface area (Å²) in [6, 6.07) is 0. The third-order valence-corrected chi connectivity index (χ3v) is 8.47. The van der Waals surface area contributed by atoms with E-state index in [-0.39, 0.29) is 37.1 Å². The normalized spacial score (nSPS) is 14.9. The molecule has 0 unspecified atom stereocenters. The smallest absolute Gasteiger partial charge is 0.243 e. The number of rotatable bonds is 10. The Bertz CT molecular complexity index is 629. The summed E-state index contributed by atoms with van der Waals surface area (Å²) in [4.78, 5) is 0. The van der Waals surface area contributed by atoms with Crippen LogP contribution in [0.4, 0.5) is 0 Å². The fourth-order valence-electron chi connectivity index (χ4n) is 5.30. The van der Waals surface area contributed by atoms with Gasteiger partial charge in [-0.05, 0) is 66.2 Å². The first kappa shape index (κ1) is 54.5.